The smallest absolute Gasteiger partial charge is 0.231 e. The molecule has 7 nitrogen and oxygen atoms in total. The Morgan fingerprint density at radius 1 is 1.11 bits per heavy atom. The van der Waals surface area contributed by atoms with E-state index >= 15 is 0 Å². The molecule has 1 heterocycles. The minimum absolute atomic E-state index is 0.549. The lowest BCUT2D eigenvalue weighted by atomic mass is 10.4. The van der Waals surface area contributed by atoms with E-state index in [2.05, 4.69) is 32.5 Å². The van der Waals surface area contributed by atoms with Crippen molar-refractivity contribution < 1.29 is 4.74 Å². The lowest BCUT2D eigenvalue weighted by Crippen LogP contribution is -2.18. The molecule has 0 spiro atoms. The molecule has 7 heteroatoms. The van der Waals surface area contributed by atoms with Gasteiger partial charge < -0.3 is 20.3 Å². The van der Waals surface area contributed by atoms with E-state index in [1.54, 1.807) is 7.05 Å². The third-order valence-electron chi connectivity index (χ3n) is 2.42. The third kappa shape index (κ3) is 5.69. The number of nitrogens with zero attached hydrogens (tertiary/aromatic N) is 4. The van der Waals surface area contributed by atoms with Crippen LogP contribution in [0.4, 0.5) is 17.8 Å². The van der Waals surface area contributed by atoms with Crippen LogP contribution in [0.15, 0.2) is 0 Å². The molecule has 1 rings (SSSR count). The van der Waals surface area contributed by atoms with Gasteiger partial charge in [-0.15, -0.1) is 0 Å². The van der Waals surface area contributed by atoms with Crippen LogP contribution < -0.4 is 15.5 Å². The predicted molar refractivity (Wildman–Crippen MR) is 77.9 cm³/mol. The number of aromatic nitrogens is 3. The predicted octanol–water partition coefficient (Wildman–Crippen LogP) is 1.21. The van der Waals surface area contributed by atoms with Gasteiger partial charge in [-0.3, -0.25) is 0 Å². The molecule has 0 atom stereocenters. The van der Waals surface area contributed by atoms with Crippen molar-refractivity contribution >= 4 is 17.8 Å². The van der Waals surface area contributed by atoms with Gasteiger partial charge in [-0.1, -0.05) is 13.3 Å². The maximum Gasteiger partial charge on any atom is 0.231 e. The third-order valence-corrected chi connectivity index (χ3v) is 2.42. The largest absolute Gasteiger partial charge is 0.380 e. The SMILES string of the molecule is CCCCOCCNc1nc(NC)nc(N(C)C)n1. The fourth-order valence-electron chi connectivity index (χ4n) is 1.34. The number of hydrogen-bond acceptors (Lipinski definition) is 7. The normalized spacial score (nSPS) is 10.3. The second kappa shape index (κ2) is 8.47. The van der Waals surface area contributed by atoms with Gasteiger partial charge in [-0.05, 0) is 6.42 Å². The van der Waals surface area contributed by atoms with Crippen LogP contribution in [0.2, 0.25) is 0 Å². The summed E-state index contributed by atoms with van der Waals surface area (Å²) in [6.45, 7) is 4.29. The first-order valence-electron chi connectivity index (χ1n) is 6.60. The average molecular weight is 268 g/mol. The number of rotatable bonds is 9. The second-order valence-corrected chi connectivity index (χ2v) is 4.32. The van der Waals surface area contributed by atoms with Gasteiger partial charge in [0.25, 0.3) is 0 Å². The Hall–Kier alpha value is -1.63. The summed E-state index contributed by atoms with van der Waals surface area (Å²) in [4.78, 5) is 14.6. The van der Waals surface area contributed by atoms with Gasteiger partial charge in [0.2, 0.25) is 17.8 Å². The van der Waals surface area contributed by atoms with Crippen molar-refractivity contribution in [2.24, 2.45) is 0 Å². The Morgan fingerprint density at radius 3 is 2.47 bits per heavy atom. The van der Waals surface area contributed by atoms with Gasteiger partial charge in [0, 0.05) is 34.3 Å². The molecule has 0 amide bonds. The summed E-state index contributed by atoms with van der Waals surface area (Å²) in [6, 6.07) is 0. The van der Waals surface area contributed by atoms with Crippen molar-refractivity contribution in [3.63, 3.8) is 0 Å². The van der Waals surface area contributed by atoms with Crippen LogP contribution in [0.5, 0.6) is 0 Å². The molecule has 0 saturated heterocycles. The van der Waals surface area contributed by atoms with Crippen molar-refractivity contribution in [1.29, 1.82) is 0 Å². The van der Waals surface area contributed by atoms with Crippen molar-refractivity contribution in [1.82, 2.24) is 15.0 Å². The highest BCUT2D eigenvalue weighted by molar-refractivity contribution is 5.42. The fourth-order valence-corrected chi connectivity index (χ4v) is 1.34. The monoisotopic (exact) mass is 268 g/mol. The molecule has 0 radical (unpaired) electrons. The van der Waals surface area contributed by atoms with Gasteiger partial charge in [-0.25, -0.2) is 0 Å². The minimum atomic E-state index is 0.549. The van der Waals surface area contributed by atoms with Crippen molar-refractivity contribution in [3.05, 3.63) is 0 Å². The second-order valence-electron chi connectivity index (χ2n) is 4.32. The minimum Gasteiger partial charge on any atom is -0.380 e. The highest BCUT2D eigenvalue weighted by atomic mass is 16.5. The summed E-state index contributed by atoms with van der Waals surface area (Å²) in [5.41, 5.74) is 0. The van der Waals surface area contributed by atoms with Crippen LogP contribution in [-0.4, -0.2) is 55.9 Å². The molecular formula is C12H24N6O. The summed E-state index contributed by atoms with van der Waals surface area (Å²) < 4.78 is 5.47. The molecule has 19 heavy (non-hydrogen) atoms. The van der Waals surface area contributed by atoms with E-state index in [0.717, 1.165) is 19.4 Å². The Bertz CT molecular complexity index is 371. The Balaban J connectivity index is 2.46. The van der Waals surface area contributed by atoms with Gasteiger partial charge in [0.1, 0.15) is 0 Å². The Labute approximate surface area is 114 Å². The molecule has 0 unspecified atom stereocenters. The topological polar surface area (TPSA) is 75.2 Å². The molecule has 0 fully saturated rings. The van der Waals surface area contributed by atoms with Crippen molar-refractivity contribution in [2.75, 3.05) is 56.4 Å². The maximum atomic E-state index is 5.47. The van der Waals surface area contributed by atoms with Crippen LogP contribution in [0.25, 0.3) is 0 Å². The summed E-state index contributed by atoms with van der Waals surface area (Å²) >= 11 is 0. The first kappa shape index (κ1) is 15.4. The van der Waals surface area contributed by atoms with E-state index in [9.17, 15) is 0 Å². The lowest BCUT2D eigenvalue weighted by Gasteiger charge is -2.13. The number of ether oxygens (including phenoxy) is 1. The van der Waals surface area contributed by atoms with E-state index in [0.29, 0.717) is 31.0 Å². The molecule has 0 aliphatic carbocycles. The van der Waals surface area contributed by atoms with Gasteiger partial charge in [0.15, 0.2) is 0 Å². The van der Waals surface area contributed by atoms with Crippen LogP contribution in [-0.2, 0) is 4.74 Å². The van der Waals surface area contributed by atoms with E-state index < -0.39 is 0 Å². The van der Waals surface area contributed by atoms with Crippen LogP contribution in [0, 0.1) is 0 Å². The van der Waals surface area contributed by atoms with Crippen molar-refractivity contribution in [2.45, 2.75) is 19.8 Å². The van der Waals surface area contributed by atoms with Gasteiger partial charge in [-0.2, -0.15) is 15.0 Å². The Kier molecular flexibility index (Phi) is 6.88. The van der Waals surface area contributed by atoms with Crippen LogP contribution >= 0.6 is 0 Å². The molecular weight excluding hydrogens is 244 g/mol. The van der Waals surface area contributed by atoms with E-state index in [1.165, 1.54) is 0 Å². The average Bonchev–Trinajstić information content (AvgIpc) is 2.42. The summed E-state index contributed by atoms with van der Waals surface area (Å²) in [5, 5.41) is 6.06. The lowest BCUT2D eigenvalue weighted by molar-refractivity contribution is 0.141. The highest BCUT2D eigenvalue weighted by Crippen LogP contribution is 2.10. The number of unbranched alkanes of at least 4 members (excludes halogenated alkanes) is 1. The van der Waals surface area contributed by atoms with Gasteiger partial charge >= 0.3 is 0 Å². The maximum absolute atomic E-state index is 5.47. The molecule has 1 aromatic rings. The quantitative estimate of drug-likeness (QED) is 0.652. The standard InChI is InChI=1S/C12H24N6O/c1-5-6-8-19-9-7-14-11-15-10(13-2)16-12(17-11)18(3)4/h5-9H2,1-4H3,(H2,13,14,15,16,17). The summed E-state index contributed by atoms with van der Waals surface area (Å²) in [5.74, 6) is 1.73. The zero-order valence-corrected chi connectivity index (χ0v) is 12.2. The molecule has 0 bridgehead atoms. The van der Waals surface area contributed by atoms with E-state index in [-0.39, 0.29) is 0 Å². The Morgan fingerprint density at radius 2 is 1.84 bits per heavy atom. The fraction of sp³-hybridized carbons (Fsp3) is 0.750. The van der Waals surface area contributed by atoms with Crippen LogP contribution in [0.3, 0.4) is 0 Å². The molecule has 2 N–H and O–H groups in total. The molecule has 0 saturated carbocycles. The van der Waals surface area contributed by atoms with Gasteiger partial charge in [0.05, 0.1) is 6.61 Å². The first-order valence-corrected chi connectivity index (χ1v) is 6.60. The number of hydrogen-bond donors (Lipinski definition) is 2. The highest BCUT2D eigenvalue weighted by Gasteiger charge is 2.06. The van der Waals surface area contributed by atoms with Crippen LogP contribution in [0.1, 0.15) is 19.8 Å². The number of nitrogens with one attached hydrogen (secondary N) is 2. The summed E-state index contributed by atoms with van der Waals surface area (Å²) in [7, 11) is 5.57. The molecule has 0 aliphatic rings. The molecule has 0 aliphatic heterocycles. The zero-order chi connectivity index (χ0) is 14.1. The van der Waals surface area contributed by atoms with E-state index in [1.807, 2.05) is 19.0 Å². The number of anilines is 3. The summed E-state index contributed by atoms with van der Waals surface area (Å²) in [6.07, 6.45) is 2.25. The molecule has 108 valence electrons. The zero-order valence-electron chi connectivity index (χ0n) is 12.2. The van der Waals surface area contributed by atoms with E-state index in [4.69, 9.17) is 4.74 Å². The first-order chi connectivity index (χ1) is 9.17. The molecule has 1 aromatic heterocycles. The van der Waals surface area contributed by atoms with Crippen molar-refractivity contribution in [3.8, 4) is 0 Å². The molecule has 0 aromatic carbocycles.